The van der Waals surface area contributed by atoms with Crippen LogP contribution in [0.5, 0.6) is 5.75 Å². The number of halogens is 2. The van der Waals surface area contributed by atoms with Gasteiger partial charge in [-0.1, -0.05) is 0 Å². The third-order valence-corrected chi connectivity index (χ3v) is 6.05. The number of hydrogen-bond donors (Lipinski definition) is 2. The summed E-state index contributed by atoms with van der Waals surface area (Å²) in [7, 11) is 3.41. The molecule has 14 heteroatoms. The number of nitrogens with zero attached hydrogens (tertiary/aromatic N) is 3. The van der Waals surface area contributed by atoms with E-state index in [0.29, 0.717) is 5.56 Å². The van der Waals surface area contributed by atoms with E-state index < -0.39 is 45.1 Å². The molecule has 2 aromatic heterocycles. The summed E-state index contributed by atoms with van der Waals surface area (Å²) in [5.41, 5.74) is -0.474. The Kier molecular flexibility index (Phi) is 7.91. The third kappa shape index (κ3) is 5.95. The van der Waals surface area contributed by atoms with Gasteiger partial charge in [-0.2, -0.15) is 8.42 Å². The molecule has 2 heterocycles. The van der Waals surface area contributed by atoms with Crippen LogP contribution in [-0.2, 0) is 23.2 Å². The van der Waals surface area contributed by atoms with E-state index in [4.69, 9.17) is 9.15 Å². The molecule has 1 aromatic carbocycles. The average molecular weight is 526 g/mol. The van der Waals surface area contributed by atoms with Crippen molar-refractivity contribution in [3.8, 4) is 5.75 Å². The zero-order valence-electron chi connectivity index (χ0n) is 20.2. The van der Waals surface area contributed by atoms with Gasteiger partial charge < -0.3 is 19.0 Å². The molecule has 0 saturated heterocycles. The van der Waals surface area contributed by atoms with Crippen LogP contribution < -0.4 is 19.8 Å². The molecule has 0 saturated carbocycles. The van der Waals surface area contributed by atoms with Gasteiger partial charge in [0.25, 0.3) is 10.2 Å². The fourth-order valence-corrected chi connectivity index (χ4v) is 3.80. The molecule has 194 valence electrons. The molecule has 0 fully saturated rings. The predicted molar refractivity (Wildman–Crippen MR) is 128 cm³/mol. The smallest absolute Gasteiger partial charge is 0.414 e. The fourth-order valence-electron chi connectivity index (χ4n) is 3.30. The number of ether oxygens (including phenoxy) is 1. The Labute approximate surface area is 205 Å². The van der Waals surface area contributed by atoms with E-state index >= 15 is 4.39 Å². The molecule has 3 aromatic rings. The number of rotatable bonds is 8. The number of carbonyl (C=O) groups is 1. The first-order chi connectivity index (χ1) is 16.8. The summed E-state index contributed by atoms with van der Waals surface area (Å²) < 4.78 is 67.8. The van der Waals surface area contributed by atoms with Gasteiger partial charge in [-0.3, -0.25) is 4.72 Å². The van der Waals surface area contributed by atoms with Crippen molar-refractivity contribution in [1.29, 1.82) is 0 Å². The van der Waals surface area contributed by atoms with E-state index in [1.165, 1.54) is 26.4 Å². The van der Waals surface area contributed by atoms with E-state index in [-0.39, 0.29) is 35.1 Å². The van der Waals surface area contributed by atoms with Crippen molar-refractivity contribution in [2.75, 3.05) is 40.0 Å². The highest BCUT2D eigenvalue weighted by Gasteiger charge is 2.22. The van der Waals surface area contributed by atoms with Crippen molar-refractivity contribution < 1.29 is 31.1 Å². The summed E-state index contributed by atoms with van der Waals surface area (Å²) in [6, 6.07) is 3.47. The maximum Gasteiger partial charge on any atom is 0.414 e. The van der Waals surface area contributed by atoms with Gasteiger partial charge in [0, 0.05) is 57.3 Å². The molecule has 0 spiro atoms. The number of pyridine rings is 1. The Morgan fingerprint density at radius 3 is 2.47 bits per heavy atom. The molecule has 0 aliphatic rings. The Morgan fingerprint density at radius 2 is 1.86 bits per heavy atom. The molecule has 0 radical (unpaired) electrons. The van der Waals surface area contributed by atoms with Gasteiger partial charge in [0.2, 0.25) is 0 Å². The number of nitrogens with one attached hydrogen (secondary N) is 2. The molecule has 36 heavy (non-hydrogen) atoms. The highest BCUT2D eigenvalue weighted by molar-refractivity contribution is 7.90. The predicted octanol–water partition coefficient (Wildman–Crippen LogP) is 2.06. The Bertz CT molecular complexity index is 1470. The van der Waals surface area contributed by atoms with Gasteiger partial charge in [0.1, 0.15) is 5.58 Å². The molecular formula is C22H25F2N5O6S. The SMILES string of the molecule is CNS(=O)(=O)Nc1nccc(Cc2c(CN(C)C)c3cc(F)c(OC(=O)N(C)C)cc3oc2=O)c1F. The van der Waals surface area contributed by atoms with Crippen molar-refractivity contribution in [2.24, 2.45) is 0 Å². The number of benzene rings is 1. The zero-order valence-corrected chi connectivity index (χ0v) is 21.0. The fraction of sp³-hybridized carbons (Fsp3) is 0.318. The van der Waals surface area contributed by atoms with Crippen molar-refractivity contribution in [3.63, 3.8) is 0 Å². The van der Waals surface area contributed by atoms with Crippen LogP contribution in [0.3, 0.4) is 0 Å². The lowest BCUT2D eigenvalue weighted by Gasteiger charge is -2.17. The van der Waals surface area contributed by atoms with Gasteiger partial charge in [-0.25, -0.2) is 28.1 Å². The van der Waals surface area contributed by atoms with E-state index in [1.807, 2.05) is 9.44 Å². The van der Waals surface area contributed by atoms with Gasteiger partial charge in [-0.15, -0.1) is 0 Å². The standard InChI is InChI=1S/C22H25F2N5O6S/c1-25-36(32,33)27-20-19(24)12(6-7-26-20)8-14-15(11-28(2)3)13-9-16(23)18(35-22(31)29(4)5)10-17(13)34-21(14)30/h6-7,9-10,25H,8,11H2,1-5H3,(H,26,27). The van der Waals surface area contributed by atoms with Crippen LogP contribution >= 0.6 is 0 Å². The second kappa shape index (κ2) is 10.6. The molecule has 3 rings (SSSR count). The third-order valence-electron chi connectivity index (χ3n) is 5.05. The van der Waals surface area contributed by atoms with Crippen LogP contribution in [0.4, 0.5) is 19.4 Å². The van der Waals surface area contributed by atoms with Crippen LogP contribution in [0.25, 0.3) is 11.0 Å². The minimum Gasteiger partial charge on any atom is -0.422 e. The molecule has 0 unspecified atom stereocenters. The number of anilines is 1. The number of hydrogen-bond acceptors (Lipinski definition) is 8. The van der Waals surface area contributed by atoms with Gasteiger partial charge in [0.05, 0.1) is 0 Å². The van der Waals surface area contributed by atoms with Gasteiger partial charge in [-0.05, 0) is 37.4 Å². The first kappa shape index (κ1) is 27.0. The summed E-state index contributed by atoms with van der Waals surface area (Å²) >= 11 is 0. The number of carbonyl (C=O) groups excluding carboxylic acids is 1. The molecule has 0 bridgehead atoms. The first-order valence-corrected chi connectivity index (χ1v) is 12.0. The van der Waals surface area contributed by atoms with Crippen molar-refractivity contribution in [3.05, 3.63) is 63.1 Å². The van der Waals surface area contributed by atoms with E-state index in [9.17, 15) is 22.4 Å². The molecule has 11 nitrogen and oxygen atoms in total. The Hall–Kier alpha value is -3.62. The Morgan fingerprint density at radius 1 is 1.17 bits per heavy atom. The summed E-state index contributed by atoms with van der Waals surface area (Å²) in [5.74, 6) is -2.82. The first-order valence-electron chi connectivity index (χ1n) is 10.5. The van der Waals surface area contributed by atoms with E-state index in [1.54, 1.807) is 19.0 Å². The molecule has 2 N–H and O–H groups in total. The minimum absolute atomic E-state index is 0.0266. The Balaban J connectivity index is 2.14. The second-order valence-electron chi connectivity index (χ2n) is 8.24. The summed E-state index contributed by atoms with van der Waals surface area (Å²) in [6.45, 7) is 0.166. The lowest BCUT2D eigenvalue weighted by atomic mass is 9.98. The molecular weight excluding hydrogens is 500 g/mol. The highest BCUT2D eigenvalue weighted by Crippen LogP contribution is 2.30. The van der Waals surface area contributed by atoms with Crippen LogP contribution in [0.2, 0.25) is 0 Å². The molecule has 0 atom stereocenters. The van der Waals surface area contributed by atoms with Crippen LogP contribution in [0, 0.1) is 11.6 Å². The topological polar surface area (TPSA) is 134 Å². The minimum atomic E-state index is -4.04. The second-order valence-corrected chi connectivity index (χ2v) is 9.86. The van der Waals surface area contributed by atoms with E-state index in [0.717, 1.165) is 24.1 Å². The lowest BCUT2D eigenvalue weighted by Crippen LogP contribution is -2.27. The maximum atomic E-state index is 15.1. The van der Waals surface area contributed by atoms with E-state index in [2.05, 4.69) is 4.98 Å². The van der Waals surface area contributed by atoms with Crippen LogP contribution in [-0.4, -0.2) is 64.5 Å². The maximum absolute atomic E-state index is 15.1. The molecule has 1 amide bonds. The summed E-state index contributed by atoms with van der Waals surface area (Å²) in [4.78, 5) is 31.4. The van der Waals surface area contributed by atoms with Crippen molar-refractivity contribution in [2.45, 2.75) is 13.0 Å². The van der Waals surface area contributed by atoms with Crippen LogP contribution in [0.1, 0.15) is 16.7 Å². The highest BCUT2D eigenvalue weighted by atomic mass is 32.2. The number of aromatic nitrogens is 1. The number of amides is 1. The van der Waals surface area contributed by atoms with Crippen LogP contribution in [0.15, 0.2) is 33.6 Å². The van der Waals surface area contributed by atoms with Gasteiger partial charge in [0.15, 0.2) is 23.2 Å². The molecule has 0 aliphatic heterocycles. The number of fused-ring (bicyclic) bond motifs is 1. The lowest BCUT2D eigenvalue weighted by molar-refractivity contribution is 0.170. The van der Waals surface area contributed by atoms with Crippen molar-refractivity contribution >= 4 is 33.1 Å². The normalized spacial score (nSPS) is 11.7. The van der Waals surface area contributed by atoms with Crippen molar-refractivity contribution in [1.82, 2.24) is 19.5 Å². The monoisotopic (exact) mass is 525 g/mol. The summed E-state index contributed by atoms with van der Waals surface area (Å²) in [5, 5.41) is 0.228. The summed E-state index contributed by atoms with van der Waals surface area (Å²) in [6.07, 6.45) is 0.0764. The quantitative estimate of drug-likeness (QED) is 0.427. The average Bonchev–Trinajstić information content (AvgIpc) is 2.79. The largest absolute Gasteiger partial charge is 0.422 e. The molecule has 0 aliphatic carbocycles. The van der Waals surface area contributed by atoms with Gasteiger partial charge >= 0.3 is 11.7 Å². The zero-order chi connectivity index (χ0) is 26.8.